The van der Waals surface area contributed by atoms with Crippen LogP contribution in [-0.4, -0.2) is 54.2 Å². The molecule has 0 saturated carbocycles. The van der Waals surface area contributed by atoms with E-state index < -0.39 is 0 Å². The van der Waals surface area contributed by atoms with Crippen LogP contribution < -0.4 is 19.7 Å². The lowest BCUT2D eigenvalue weighted by molar-refractivity contribution is -0.123. The second kappa shape index (κ2) is 11.1. The van der Waals surface area contributed by atoms with Crippen molar-refractivity contribution in [1.82, 2.24) is 15.1 Å². The van der Waals surface area contributed by atoms with E-state index in [9.17, 15) is 9.59 Å². The molecule has 8 nitrogen and oxygen atoms in total. The monoisotopic (exact) mass is 508 g/mol. The summed E-state index contributed by atoms with van der Waals surface area (Å²) < 4.78 is 12.7. The minimum atomic E-state index is -0.213. The van der Waals surface area contributed by atoms with E-state index in [0.29, 0.717) is 17.3 Å². The van der Waals surface area contributed by atoms with Gasteiger partial charge in [-0.3, -0.25) is 19.2 Å². The van der Waals surface area contributed by atoms with Crippen LogP contribution in [0.1, 0.15) is 36.6 Å². The molecule has 9 heteroatoms. The van der Waals surface area contributed by atoms with Crippen molar-refractivity contribution in [2.45, 2.75) is 31.6 Å². The maximum Gasteiger partial charge on any atom is 0.240 e. The average Bonchev–Trinajstić information content (AvgIpc) is 3.16. The fraction of sp³-hybridized carbons (Fsp3) is 0.370. The number of carbonyl (C=O) groups is 2. The zero-order valence-electron chi connectivity index (χ0n) is 21.3. The molecule has 0 fully saturated rings. The Hall–Kier alpha value is -3.46. The number of thioether (sulfide) groups is 1. The second-order valence-electron chi connectivity index (χ2n) is 8.74. The lowest BCUT2D eigenvalue weighted by Gasteiger charge is -2.23. The van der Waals surface area contributed by atoms with E-state index in [4.69, 9.17) is 14.6 Å². The molecule has 2 aromatic carbocycles. The van der Waals surface area contributed by atoms with Crippen molar-refractivity contribution in [3.8, 4) is 22.8 Å². The van der Waals surface area contributed by atoms with E-state index in [0.717, 1.165) is 28.8 Å². The molecule has 2 amide bonds. The lowest BCUT2D eigenvalue weighted by Crippen LogP contribution is -2.44. The Morgan fingerprint density at radius 3 is 2.56 bits per heavy atom. The zero-order valence-corrected chi connectivity index (χ0v) is 22.1. The third-order valence-electron chi connectivity index (χ3n) is 6.32. The second-order valence-corrected chi connectivity index (χ2v) is 9.83. The van der Waals surface area contributed by atoms with E-state index in [2.05, 4.69) is 5.32 Å². The minimum absolute atomic E-state index is 0.0272. The largest absolute Gasteiger partial charge is 0.493 e. The van der Waals surface area contributed by atoms with Crippen LogP contribution in [0.15, 0.2) is 48.5 Å². The Kier molecular flexibility index (Phi) is 7.88. The molecule has 1 aliphatic heterocycles. The molecule has 3 aromatic rings. The van der Waals surface area contributed by atoms with E-state index in [-0.39, 0.29) is 35.4 Å². The standard InChI is InChI=1S/C27H32N4O4S/c1-6-17(2)28-22(32)15-31-23(33)16-36-26(19-12-13-20(34-4)21(14-19)35-5)24-25(29-30(3)27(24)31)18-10-8-7-9-11-18/h7-14,17,26H,6,15-16H2,1-5H3,(H,28,32)/t17-,26-/m0/s1. The van der Waals surface area contributed by atoms with Gasteiger partial charge in [-0.25, -0.2) is 0 Å². The van der Waals surface area contributed by atoms with Gasteiger partial charge in [0.25, 0.3) is 0 Å². The van der Waals surface area contributed by atoms with Gasteiger partial charge in [0.05, 0.1) is 30.9 Å². The van der Waals surface area contributed by atoms with Crippen molar-refractivity contribution < 1.29 is 19.1 Å². The van der Waals surface area contributed by atoms with Crippen LogP contribution in [-0.2, 0) is 16.6 Å². The molecule has 190 valence electrons. The van der Waals surface area contributed by atoms with Crippen LogP contribution in [0.3, 0.4) is 0 Å². The first kappa shape index (κ1) is 25.6. The Morgan fingerprint density at radius 1 is 1.17 bits per heavy atom. The van der Waals surface area contributed by atoms with Crippen molar-refractivity contribution in [2.75, 3.05) is 31.4 Å². The number of nitrogens with one attached hydrogen (secondary N) is 1. The number of aryl methyl sites for hydroxylation is 1. The summed E-state index contributed by atoms with van der Waals surface area (Å²) in [6.07, 6.45) is 0.812. The van der Waals surface area contributed by atoms with Crippen LogP contribution in [0.5, 0.6) is 11.5 Å². The highest BCUT2D eigenvalue weighted by atomic mass is 32.2. The Morgan fingerprint density at radius 2 is 1.89 bits per heavy atom. The van der Waals surface area contributed by atoms with Crippen molar-refractivity contribution in [2.24, 2.45) is 7.05 Å². The molecule has 0 radical (unpaired) electrons. The lowest BCUT2D eigenvalue weighted by atomic mass is 9.99. The fourth-order valence-electron chi connectivity index (χ4n) is 4.34. The molecule has 0 aliphatic carbocycles. The molecule has 1 aromatic heterocycles. The Labute approximate surface area is 216 Å². The molecule has 2 heterocycles. The summed E-state index contributed by atoms with van der Waals surface area (Å²) >= 11 is 1.52. The molecule has 0 spiro atoms. The number of methoxy groups -OCH3 is 2. The molecule has 0 bridgehead atoms. The molecular weight excluding hydrogens is 476 g/mol. The number of nitrogens with zero attached hydrogens (tertiary/aromatic N) is 3. The number of hydrogen-bond donors (Lipinski definition) is 1. The topological polar surface area (TPSA) is 85.7 Å². The summed E-state index contributed by atoms with van der Waals surface area (Å²) in [6.45, 7) is 3.90. The Bertz CT molecular complexity index is 1240. The first-order valence-corrected chi connectivity index (χ1v) is 13.0. The van der Waals surface area contributed by atoms with Gasteiger partial charge in [0.15, 0.2) is 11.5 Å². The van der Waals surface area contributed by atoms with Crippen LogP contribution in [0.4, 0.5) is 5.82 Å². The maximum atomic E-state index is 13.4. The van der Waals surface area contributed by atoms with Crippen molar-refractivity contribution >= 4 is 29.4 Å². The van der Waals surface area contributed by atoms with E-state index in [1.165, 1.54) is 11.8 Å². The quantitative estimate of drug-likeness (QED) is 0.491. The SMILES string of the molecule is CC[C@H](C)NC(=O)CN1C(=O)CS[C@@H](c2ccc(OC)c(OC)c2)c2c(-c3ccccc3)nn(C)c21. The first-order valence-electron chi connectivity index (χ1n) is 11.9. The van der Waals surface area contributed by atoms with Gasteiger partial charge in [-0.15, -0.1) is 11.8 Å². The number of hydrogen-bond acceptors (Lipinski definition) is 6. The molecule has 0 unspecified atom stereocenters. The number of benzene rings is 2. The summed E-state index contributed by atoms with van der Waals surface area (Å²) in [5, 5.41) is 7.61. The van der Waals surface area contributed by atoms with Gasteiger partial charge in [-0.05, 0) is 31.0 Å². The van der Waals surface area contributed by atoms with Gasteiger partial charge in [-0.2, -0.15) is 5.10 Å². The Balaban J connectivity index is 1.87. The number of aromatic nitrogens is 2. The molecule has 1 aliphatic rings. The number of fused-ring (bicyclic) bond motifs is 1. The molecule has 0 saturated heterocycles. The van der Waals surface area contributed by atoms with Crippen molar-refractivity contribution in [3.63, 3.8) is 0 Å². The molecule has 1 N–H and O–H groups in total. The highest BCUT2D eigenvalue weighted by Gasteiger charge is 2.37. The van der Waals surface area contributed by atoms with Crippen LogP contribution in [0, 0.1) is 0 Å². The van der Waals surface area contributed by atoms with E-state index in [1.54, 1.807) is 23.8 Å². The summed E-state index contributed by atoms with van der Waals surface area (Å²) in [5.74, 6) is 1.77. The predicted octanol–water partition coefficient (Wildman–Crippen LogP) is 4.19. The van der Waals surface area contributed by atoms with E-state index >= 15 is 0 Å². The minimum Gasteiger partial charge on any atom is -0.493 e. The van der Waals surface area contributed by atoms with Gasteiger partial charge >= 0.3 is 0 Å². The highest BCUT2D eigenvalue weighted by Crippen LogP contribution is 2.48. The maximum absolute atomic E-state index is 13.4. The molecular formula is C27H32N4O4S. The summed E-state index contributed by atoms with van der Waals surface area (Å²) in [7, 11) is 5.03. The summed E-state index contributed by atoms with van der Waals surface area (Å²) in [5.41, 5.74) is 3.58. The van der Waals surface area contributed by atoms with Crippen molar-refractivity contribution in [1.29, 1.82) is 0 Å². The number of amides is 2. The average molecular weight is 509 g/mol. The predicted molar refractivity (Wildman–Crippen MR) is 143 cm³/mol. The highest BCUT2D eigenvalue weighted by molar-refractivity contribution is 8.00. The van der Waals surface area contributed by atoms with Gasteiger partial charge in [0, 0.05) is 24.2 Å². The number of anilines is 1. The molecule has 4 rings (SSSR count). The van der Waals surface area contributed by atoms with Gasteiger partial charge in [0.2, 0.25) is 11.8 Å². The van der Waals surface area contributed by atoms with Crippen molar-refractivity contribution in [3.05, 3.63) is 59.7 Å². The van der Waals surface area contributed by atoms with Gasteiger partial charge in [-0.1, -0.05) is 43.3 Å². The fourth-order valence-corrected chi connectivity index (χ4v) is 5.53. The van der Waals surface area contributed by atoms with E-state index in [1.807, 2.05) is 69.4 Å². The molecule has 36 heavy (non-hydrogen) atoms. The smallest absolute Gasteiger partial charge is 0.240 e. The van der Waals surface area contributed by atoms with Crippen LogP contribution >= 0.6 is 11.8 Å². The third kappa shape index (κ3) is 5.06. The van der Waals surface area contributed by atoms with Gasteiger partial charge in [0.1, 0.15) is 12.4 Å². The van der Waals surface area contributed by atoms with Crippen LogP contribution in [0.2, 0.25) is 0 Å². The third-order valence-corrected chi connectivity index (χ3v) is 7.58. The molecule has 2 atom stereocenters. The summed E-state index contributed by atoms with van der Waals surface area (Å²) in [4.78, 5) is 27.8. The number of rotatable bonds is 8. The first-order chi connectivity index (χ1) is 17.4. The number of carbonyl (C=O) groups excluding carboxylic acids is 2. The zero-order chi connectivity index (χ0) is 25.8. The normalized spacial score (nSPS) is 16.2. The number of ether oxygens (including phenoxy) is 2. The summed E-state index contributed by atoms with van der Waals surface area (Å²) in [6, 6.07) is 15.7. The van der Waals surface area contributed by atoms with Gasteiger partial charge < -0.3 is 14.8 Å². The van der Waals surface area contributed by atoms with Crippen LogP contribution in [0.25, 0.3) is 11.3 Å².